The topological polar surface area (TPSA) is 21.6 Å². The van der Waals surface area contributed by atoms with E-state index in [9.17, 15) is 4.39 Å². The van der Waals surface area contributed by atoms with Crippen molar-refractivity contribution in [2.45, 2.75) is 6.04 Å². The Kier molecular flexibility index (Phi) is 3.38. The van der Waals surface area contributed by atoms with Gasteiger partial charge in [0.15, 0.2) is 0 Å². The molecule has 0 unspecified atom stereocenters. The molecule has 1 aromatic carbocycles. The summed E-state index contributed by atoms with van der Waals surface area (Å²) < 4.78 is 18.4. The van der Waals surface area contributed by atoms with E-state index in [2.05, 4.69) is 4.99 Å². The maximum Gasteiger partial charge on any atom is 0.123 e. The lowest BCUT2D eigenvalue weighted by Crippen LogP contribution is -2.18. The van der Waals surface area contributed by atoms with Gasteiger partial charge in [0.25, 0.3) is 0 Å². The molecule has 1 atom stereocenters. The molecule has 2 rings (SSSR count). The molecule has 0 spiro atoms. The standard InChI is InChI=1S/C11H12FNOS/c1-15-11-7-14-6-10(13-11)8-3-2-4-9(12)5-8/h2-5,10H,6-7H2,1H3/t10-/m0/s1. The van der Waals surface area contributed by atoms with Crippen LogP contribution >= 0.6 is 11.8 Å². The molecular weight excluding hydrogens is 213 g/mol. The van der Waals surface area contributed by atoms with Crippen LogP contribution in [0.25, 0.3) is 0 Å². The Labute approximate surface area is 92.5 Å². The van der Waals surface area contributed by atoms with Crippen molar-refractivity contribution in [3.05, 3.63) is 35.6 Å². The van der Waals surface area contributed by atoms with E-state index in [0.717, 1.165) is 10.6 Å². The van der Waals surface area contributed by atoms with E-state index in [4.69, 9.17) is 4.74 Å². The molecule has 4 heteroatoms. The van der Waals surface area contributed by atoms with Crippen LogP contribution in [0.3, 0.4) is 0 Å². The third kappa shape index (κ3) is 2.58. The summed E-state index contributed by atoms with van der Waals surface area (Å²) in [5, 5.41) is 0.968. The highest BCUT2D eigenvalue weighted by Crippen LogP contribution is 2.23. The van der Waals surface area contributed by atoms with Crippen molar-refractivity contribution in [3.63, 3.8) is 0 Å². The summed E-state index contributed by atoms with van der Waals surface area (Å²) in [6.07, 6.45) is 1.97. The van der Waals surface area contributed by atoms with Crippen LogP contribution in [0.4, 0.5) is 4.39 Å². The minimum absolute atomic E-state index is 0.0584. The molecule has 1 aliphatic rings. The number of nitrogens with zero attached hydrogens (tertiary/aromatic N) is 1. The maximum absolute atomic E-state index is 13.0. The Morgan fingerprint density at radius 2 is 2.40 bits per heavy atom. The van der Waals surface area contributed by atoms with Crippen molar-refractivity contribution in [1.29, 1.82) is 0 Å². The predicted molar refractivity (Wildman–Crippen MR) is 60.9 cm³/mol. The van der Waals surface area contributed by atoms with Crippen molar-refractivity contribution < 1.29 is 9.13 Å². The van der Waals surface area contributed by atoms with Crippen molar-refractivity contribution in [3.8, 4) is 0 Å². The first-order valence-corrected chi connectivity index (χ1v) is 5.96. The molecule has 1 aliphatic heterocycles. The first-order chi connectivity index (χ1) is 7.29. The summed E-state index contributed by atoms with van der Waals surface area (Å²) in [5.41, 5.74) is 0.876. The van der Waals surface area contributed by atoms with E-state index < -0.39 is 0 Å². The number of hydrogen-bond donors (Lipinski definition) is 0. The quantitative estimate of drug-likeness (QED) is 0.733. The van der Waals surface area contributed by atoms with Crippen LogP contribution in [0, 0.1) is 5.82 Å². The molecule has 0 N–H and O–H groups in total. The van der Waals surface area contributed by atoms with E-state index >= 15 is 0 Å². The fourth-order valence-corrected chi connectivity index (χ4v) is 1.94. The zero-order chi connectivity index (χ0) is 10.7. The molecule has 0 aliphatic carbocycles. The van der Waals surface area contributed by atoms with Crippen LogP contribution in [-0.2, 0) is 4.74 Å². The number of benzene rings is 1. The van der Waals surface area contributed by atoms with Crippen LogP contribution in [0.15, 0.2) is 29.3 Å². The van der Waals surface area contributed by atoms with Gasteiger partial charge in [0.2, 0.25) is 0 Å². The molecule has 15 heavy (non-hydrogen) atoms. The number of thioether (sulfide) groups is 1. The zero-order valence-corrected chi connectivity index (χ0v) is 9.26. The fraction of sp³-hybridized carbons (Fsp3) is 0.364. The third-order valence-corrected chi connectivity index (χ3v) is 2.96. The number of ether oxygens (including phenoxy) is 1. The van der Waals surface area contributed by atoms with Gasteiger partial charge in [-0.2, -0.15) is 0 Å². The van der Waals surface area contributed by atoms with Gasteiger partial charge in [0, 0.05) is 0 Å². The van der Waals surface area contributed by atoms with Crippen molar-refractivity contribution in [2.24, 2.45) is 4.99 Å². The lowest BCUT2D eigenvalue weighted by atomic mass is 10.1. The van der Waals surface area contributed by atoms with Crippen LogP contribution in [0.1, 0.15) is 11.6 Å². The minimum atomic E-state index is -0.223. The molecule has 0 saturated carbocycles. The molecule has 0 bridgehead atoms. The number of aliphatic imine (C=N–C) groups is 1. The van der Waals surface area contributed by atoms with E-state index in [1.807, 2.05) is 12.3 Å². The van der Waals surface area contributed by atoms with Crippen LogP contribution in [0.5, 0.6) is 0 Å². The molecule has 2 nitrogen and oxygen atoms in total. The van der Waals surface area contributed by atoms with E-state index in [1.54, 1.807) is 17.8 Å². The number of halogens is 1. The van der Waals surface area contributed by atoms with E-state index in [1.165, 1.54) is 12.1 Å². The van der Waals surface area contributed by atoms with Crippen LogP contribution < -0.4 is 0 Å². The Morgan fingerprint density at radius 3 is 3.13 bits per heavy atom. The summed E-state index contributed by atoms with van der Waals surface area (Å²) in [5.74, 6) is -0.223. The summed E-state index contributed by atoms with van der Waals surface area (Å²) in [4.78, 5) is 4.50. The highest BCUT2D eigenvalue weighted by atomic mass is 32.2. The van der Waals surface area contributed by atoms with Crippen molar-refractivity contribution in [1.82, 2.24) is 0 Å². The lowest BCUT2D eigenvalue weighted by Gasteiger charge is -2.20. The second-order valence-electron chi connectivity index (χ2n) is 3.31. The van der Waals surface area contributed by atoms with Crippen molar-refractivity contribution >= 4 is 16.8 Å². The SMILES string of the molecule is CSC1=N[C@H](c2cccc(F)c2)COC1. The predicted octanol–water partition coefficient (Wildman–Crippen LogP) is 2.66. The lowest BCUT2D eigenvalue weighted by molar-refractivity contribution is 0.146. The first-order valence-electron chi connectivity index (χ1n) is 4.73. The number of rotatable bonds is 1. The van der Waals surface area contributed by atoms with Gasteiger partial charge in [0.1, 0.15) is 5.82 Å². The molecule has 0 fully saturated rings. The molecular formula is C11H12FNOS. The Balaban J connectivity index is 2.23. The largest absolute Gasteiger partial charge is 0.372 e. The third-order valence-electron chi connectivity index (χ3n) is 2.27. The molecule has 0 aromatic heterocycles. The molecule has 1 aromatic rings. The minimum Gasteiger partial charge on any atom is -0.372 e. The van der Waals surface area contributed by atoms with Gasteiger partial charge in [-0.15, -0.1) is 11.8 Å². The highest BCUT2D eigenvalue weighted by Gasteiger charge is 2.17. The van der Waals surface area contributed by atoms with Crippen molar-refractivity contribution in [2.75, 3.05) is 19.5 Å². The van der Waals surface area contributed by atoms with Gasteiger partial charge >= 0.3 is 0 Å². The summed E-state index contributed by atoms with van der Waals surface area (Å²) in [6, 6.07) is 6.47. The monoisotopic (exact) mass is 225 g/mol. The molecule has 80 valence electrons. The average molecular weight is 225 g/mol. The summed E-state index contributed by atoms with van der Waals surface area (Å²) >= 11 is 1.58. The van der Waals surface area contributed by atoms with Crippen LogP contribution in [0.2, 0.25) is 0 Å². The smallest absolute Gasteiger partial charge is 0.123 e. The average Bonchev–Trinajstić information content (AvgIpc) is 2.29. The molecule has 0 saturated heterocycles. The van der Waals surface area contributed by atoms with Crippen LogP contribution in [-0.4, -0.2) is 24.5 Å². The maximum atomic E-state index is 13.0. The molecule has 1 heterocycles. The van der Waals surface area contributed by atoms with Gasteiger partial charge in [-0.1, -0.05) is 12.1 Å². The Bertz CT molecular complexity index is 381. The van der Waals surface area contributed by atoms with E-state index in [0.29, 0.717) is 13.2 Å². The molecule has 0 amide bonds. The Hall–Kier alpha value is -0.870. The Morgan fingerprint density at radius 1 is 1.53 bits per heavy atom. The van der Waals surface area contributed by atoms with Gasteiger partial charge < -0.3 is 4.74 Å². The highest BCUT2D eigenvalue weighted by molar-refractivity contribution is 8.13. The first kappa shape index (κ1) is 10.6. The van der Waals surface area contributed by atoms with Gasteiger partial charge in [-0.3, -0.25) is 4.99 Å². The summed E-state index contributed by atoms with van der Waals surface area (Å²) in [6.45, 7) is 1.11. The zero-order valence-electron chi connectivity index (χ0n) is 8.44. The normalized spacial score (nSPS) is 21.2. The second kappa shape index (κ2) is 4.77. The van der Waals surface area contributed by atoms with Gasteiger partial charge in [-0.25, -0.2) is 4.39 Å². The summed E-state index contributed by atoms with van der Waals surface area (Å²) in [7, 11) is 0. The number of hydrogen-bond acceptors (Lipinski definition) is 3. The molecule has 0 radical (unpaired) electrons. The van der Waals surface area contributed by atoms with Gasteiger partial charge in [-0.05, 0) is 24.0 Å². The second-order valence-corrected chi connectivity index (χ2v) is 4.19. The van der Waals surface area contributed by atoms with Gasteiger partial charge in [0.05, 0.1) is 24.3 Å². The van der Waals surface area contributed by atoms with E-state index in [-0.39, 0.29) is 11.9 Å². The fourth-order valence-electron chi connectivity index (χ4n) is 1.50.